The van der Waals surface area contributed by atoms with Gasteiger partial charge in [0, 0.05) is 16.0 Å². The summed E-state index contributed by atoms with van der Waals surface area (Å²) in [6, 6.07) is 6.01. The third-order valence-electron chi connectivity index (χ3n) is 3.56. The van der Waals surface area contributed by atoms with Crippen molar-refractivity contribution in [2.24, 2.45) is 11.8 Å². The zero-order chi connectivity index (χ0) is 12.3. The Hall–Kier alpha value is -0.0500. The minimum atomic E-state index is 0.848. The topological polar surface area (TPSA) is 12.0 Å². The summed E-state index contributed by atoms with van der Waals surface area (Å²) in [7, 11) is 0. The summed E-state index contributed by atoms with van der Waals surface area (Å²) in [5, 5.41) is 4.37. The highest BCUT2D eigenvalue weighted by Gasteiger charge is 2.20. The van der Waals surface area contributed by atoms with Crippen molar-refractivity contribution in [3.8, 4) is 0 Å². The Bertz CT molecular complexity index is 380. The lowest BCUT2D eigenvalue weighted by atomic mass is 10.1. The maximum Gasteiger partial charge on any atom is 0.0451 e. The van der Waals surface area contributed by atoms with Gasteiger partial charge in [0.15, 0.2) is 0 Å². The van der Waals surface area contributed by atoms with Crippen molar-refractivity contribution in [2.75, 3.05) is 6.54 Å². The third kappa shape index (κ3) is 3.97. The van der Waals surface area contributed by atoms with E-state index >= 15 is 0 Å². The molecule has 0 bridgehead atoms. The van der Waals surface area contributed by atoms with E-state index in [0.29, 0.717) is 0 Å². The highest BCUT2D eigenvalue weighted by molar-refractivity contribution is 9.10. The Morgan fingerprint density at radius 2 is 2.24 bits per heavy atom. The zero-order valence-corrected chi connectivity index (χ0v) is 12.5. The van der Waals surface area contributed by atoms with Gasteiger partial charge < -0.3 is 5.32 Å². The van der Waals surface area contributed by atoms with Crippen LogP contribution in [0.1, 0.15) is 31.7 Å². The number of halogens is 2. The molecule has 1 aliphatic carbocycles. The van der Waals surface area contributed by atoms with Crippen molar-refractivity contribution in [1.82, 2.24) is 5.32 Å². The molecule has 1 aromatic carbocycles. The van der Waals surface area contributed by atoms with E-state index in [2.05, 4.69) is 34.2 Å². The number of benzene rings is 1. The molecule has 3 heteroatoms. The summed E-state index contributed by atoms with van der Waals surface area (Å²) in [5.74, 6) is 1.77. The normalized spacial score (nSPS) is 24.2. The van der Waals surface area contributed by atoms with E-state index < -0.39 is 0 Å². The quantitative estimate of drug-likeness (QED) is 0.854. The first-order valence-electron chi connectivity index (χ1n) is 6.30. The highest BCUT2D eigenvalue weighted by atomic mass is 79.9. The lowest BCUT2D eigenvalue weighted by Crippen LogP contribution is -2.21. The Balaban J connectivity index is 1.80. The molecule has 17 heavy (non-hydrogen) atoms. The minimum Gasteiger partial charge on any atom is -0.312 e. The van der Waals surface area contributed by atoms with Crippen LogP contribution in [0.2, 0.25) is 5.02 Å². The molecule has 1 aliphatic rings. The van der Waals surface area contributed by atoms with Crippen molar-refractivity contribution >= 4 is 27.5 Å². The van der Waals surface area contributed by atoms with Crippen LogP contribution in [0.25, 0.3) is 0 Å². The van der Waals surface area contributed by atoms with E-state index in [4.69, 9.17) is 11.6 Å². The molecule has 1 saturated carbocycles. The van der Waals surface area contributed by atoms with Crippen LogP contribution in [0.15, 0.2) is 22.7 Å². The van der Waals surface area contributed by atoms with Gasteiger partial charge in [-0.25, -0.2) is 0 Å². The molecule has 0 amide bonds. The average molecular weight is 317 g/mol. The van der Waals surface area contributed by atoms with E-state index in [-0.39, 0.29) is 0 Å². The maximum atomic E-state index is 6.15. The first kappa shape index (κ1) is 13.4. The zero-order valence-electron chi connectivity index (χ0n) is 10.2. The molecule has 2 unspecified atom stereocenters. The molecule has 1 fully saturated rings. The average Bonchev–Trinajstić information content (AvgIpc) is 2.69. The summed E-state index contributed by atoms with van der Waals surface area (Å²) in [6.45, 7) is 4.33. The minimum absolute atomic E-state index is 0.848. The molecule has 0 heterocycles. The van der Waals surface area contributed by atoms with E-state index in [1.54, 1.807) is 0 Å². The summed E-state index contributed by atoms with van der Waals surface area (Å²) < 4.78 is 1.09. The molecule has 0 radical (unpaired) electrons. The number of hydrogen-bond acceptors (Lipinski definition) is 1. The van der Waals surface area contributed by atoms with Crippen LogP contribution in [0.3, 0.4) is 0 Å². The van der Waals surface area contributed by atoms with Gasteiger partial charge in [0.05, 0.1) is 0 Å². The van der Waals surface area contributed by atoms with Gasteiger partial charge in [-0.05, 0) is 55.0 Å². The molecule has 1 nitrogen and oxygen atoms in total. The Kier molecular flexibility index (Phi) is 4.89. The molecular formula is C14H19BrClN. The van der Waals surface area contributed by atoms with Gasteiger partial charge in [0.1, 0.15) is 0 Å². The monoisotopic (exact) mass is 315 g/mol. The van der Waals surface area contributed by atoms with Crippen LogP contribution in [0, 0.1) is 11.8 Å². The number of rotatable bonds is 4. The van der Waals surface area contributed by atoms with Crippen molar-refractivity contribution < 1.29 is 0 Å². The smallest absolute Gasteiger partial charge is 0.0451 e. The highest BCUT2D eigenvalue weighted by Crippen LogP contribution is 2.29. The fraction of sp³-hybridized carbons (Fsp3) is 0.571. The first-order valence-corrected chi connectivity index (χ1v) is 7.47. The molecule has 94 valence electrons. The molecule has 0 spiro atoms. The van der Waals surface area contributed by atoms with E-state index in [0.717, 1.165) is 34.4 Å². The van der Waals surface area contributed by atoms with Gasteiger partial charge >= 0.3 is 0 Å². The number of hydrogen-bond donors (Lipinski definition) is 1. The maximum absolute atomic E-state index is 6.15. The van der Waals surface area contributed by atoms with Crippen LogP contribution < -0.4 is 5.32 Å². The third-order valence-corrected chi connectivity index (χ3v) is 4.42. The van der Waals surface area contributed by atoms with Gasteiger partial charge in [-0.3, -0.25) is 0 Å². The largest absolute Gasteiger partial charge is 0.312 e. The van der Waals surface area contributed by atoms with Crippen LogP contribution in [-0.4, -0.2) is 6.54 Å². The van der Waals surface area contributed by atoms with Gasteiger partial charge in [-0.2, -0.15) is 0 Å². The molecule has 0 aliphatic heterocycles. The standard InChI is InChI=1S/C14H19BrClN/c1-10-2-3-11(6-10)8-17-9-12-7-13(15)4-5-14(12)16/h4-5,7,10-11,17H,2-3,6,8-9H2,1H3. The molecule has 0 saturated heterocycles. The van der Waals surface area contributed by atoms with E-state index in [9.17, 15) is 0 Å². The summed E-state index contributed by atoms with van der Waals surface area (Å²) in [6.07, 6.45) is 4.14. The summed E-state index contributed by atoms with van der Waals surface area (Å²) in [5.41, 5.74) is 1.17. The van der Waals surface area contributed by atoms with Gasteiger partial charge in [0.25, 0.3) is 0 Å². The molecule has 1 N–H and O–H groups in total. The second kappa shape index (κ2) is 6.21. The SMILES string of the molecule is CC1CCC(CNCc2cc(Br)ccc2Cl)C1. The second-order valence-corrected chi connectivity index (χ2v) is 6.47. The predicted molar refractivity (Wildman–Crippen MR) is 77.4 cm³/mol. The van der Waals surface area contributed by atoms with Crippen LogP contribution in [0.4, 0.5) is 0 Å². The molecular weight excluding hydrogens is 298 g/mol. The molecule has 2 atom stereocenters. The van der Waals surface area contributed by atoms with Crippen molar-refractivity contribution in [1.29, 1.82) is 0 Å². The fourth-order valence-electron chi connectivity index (χ4n) is 2.60. The first-order chi connectivity index (χ1) is 8.15. The van der Waals surface area contributed by atoms with Gasteiger partial charge in [0.2, 0.25) is 0 Å². The lowest BCUT2D eigenvalue weighted by molar-refractivity contribution is 0.470. The molecule has 1 aromatic rings. The van der Waals surface area contributed by atoms with Crippen LogP contribution in [0.5, 0.6) is 0 Å². The van der Waals surface area contributed by atoms with Crippen molar-refractivity contribution in [3.05, 3.63) is 33.3 Å². The Morgan fingerprint density at radius 3 is 2.94 bits per heavy atom. The van der Waals surface area contributed by atoms with Crippen molar-refractivity contribution in [2.45, 2.75) is 32.7 Å². The number of nitrogens with one attached hydrogen (secondary N) is 1. The van der Waals surface area contributed by atoms with Gasteiger partial charge in [-0.15, -0.1) is 0 Å². The van der Waals surface area contributed by atoms with Crippen molar-refractivity contribution in [3.63, 3.8) is 0 Å². The second-order valence-electron chi connectivity index (χ2n) is 5.15. The van der Waals surface area contributed by atoms with Crippen LogP contribution >= 0.6 is 27.5 Å². The molecule has 2 rings (SSSR count). The fourth-order valence-corrected chi connectivity index (χ4v) is 3.19. The molecule has 0 aromatic heterocycles. The Morgan fingerprint density at radius 1 is 1.41 bits per heavy atom. The lowest BCUT2D eigenvalue weighted by Gasteiger charge is -2.12. The summed E-state index contributed by atoms with van der Waals surface area (Å²) >= 11 is 9.63. The van der Waals surface area contributed by atoms with Crippen LogP contribution in [-0.2, 0) is 6.54 Å². The Labute approximate surface area is 117 Å². The van der Waals surface area contributed by atoms with E-state index in [1.807, 2.05) is 12.1 Å². The predicted octanol–water partition coefficient (Wildman–Crippen LogP) is 4.63. The summed E-state index contributed by atoms with van der Waals surface area (Å²) in [4.78, 5) is 0. The van der Waals surface area contributed by atoms with E-state index in [1.165, 1.54) is 24.8 Å². The van der Waals surface area contributed by atoms with Gasteiger partial charge in [-0.1, -0.05) is 40.9 Å².